The second-order valence-electron chi connectivity index (χ2n) is 4.09. The molecule has 4 nitrogen and oxygen atoms in total. The van der Waals surface area contributed by atoms with Crippen molar-refractivity contribution in [3.8, 4) is 0 Å². The number of rotatable bonds is 5. The van der Waals surface area contributed by atoms with Crippen molar-refractivity contribution in [1.82, 2.24) is 20.3 Å². The monoisotopic (exact) mass is 196 g/mol. The molecule has 1 rings (SSSR count). The van der Waals surface area contributed by atoms with Gasteiger partial charge in [0.25, 0.3) is 0 Å². The van der Waals surface area contributed by atoms with Gasteiger partial charge >= 0.3 is 0 Å². The van der Waals surface area contributed by atoms with E-state index in [9.17, 15) is 0 Å². The van der Waals surface area contributed by atoms with Crippen LogP contribution in [0.3, 0.4) is 0 Å². The molecule has 1 aromatic heterocycles. The summed E-state index contributed by atoms with van der Waals surface area (Å²) < 4.78 is 1.83. The third-order valence-electron chi connectivity index (χ3n) is 2.49. The molecule has 1 aromatic rings. The number of hydrogen-bond acceptors (Lipinski definition) is 3. The molecular weight excluding hydrogens is 176 g/mol. The van der Waals surface area contributed by atoms with Crippen molar-refractivity contribution < 1.29 is 0 Å². The smallest absolute Gasteiger partial charge is 0.0753 e. The van der Waals surface area contributed by atoms with E-state index in [-0.39, 0.29) is 0 Å². The third kappa shape index (κ3) is 2.80. The molecular formula is C10H20N4. The highest BCUT2D eigenvalue weighted by Crippen LogP contribution is 2.18. The quantitative estimate of drug-likeness (QED) is 0.776. The first-order valence-electron chi connectivity index (χ1n) is 5.17. The molecule has 0 fully saturated rings. The van der Waals surface area contributed by atoms with Crippen LogP contribution in [0.2, 0.25) is 0 Å². The van der Waals surface area contributed by atoms with Crippen LogP contribution in [-0.2, 0) is 7.05 Å². The molecule has 0 aliphatic carbocycles. The second-order valence-corrected chi connectivity index (χ2v) is 4.09. The average molecular weight is 196 g/mol. The number of nitrogens with zero attached hydrogens (tertiary/aromatic N) is 3. The first-order valence-corrected chi connectivity index (χ1v) is 5.17. The molecule has 1 N–H and O–H groups in total. The number of aromatic nitrogens is 3. The van der Waals surface area contributed by atoms with E-state index in [1.807, 2.05) is 25.0 Å². The molecule has 0 aliphatic rings. The number of aryl methyl sites for hydroxylation is 1. The van der Waals surface area contributed by atoms with Crippen molar-refractivity contribution in [2.24, 2.45) is 13.0 Å². The molecule has 0 radical (unpaired) electrons. The number of hydrogen-bond donors (Lipinski definition) is 1. The lowest BCUT2D eigenvalue weighted by atomic mass is 10.0. The van der Waals surface area contributed by atoms with Gasteiger partial charge in [0, 0.05) is 7.05 Å². The largest absolute Gasteiger partial charge is 0.312 e. The lowest BCUT2D eigenvalue weighted by Crippen LogP contribution is -2.19. The van der Waals surface area contributed by atoms with Gasteiger partial charge in [0.05, 0.1) is 17.9 Å². The molecule has 0 amide bonds. The Kier molecular flexibility index (Phi) is 4.07. The van der Waals surface area contributed by atoms with Crippen LogP contribution in [0.15, 0.2) is 6.20 Å². The summed E-state index contributed by atoms with van der Waals surface area (Å²) in [5.74, 6) is 0.743. The molecule has 1 unspecified atom stereocenters. The summed E-state index contributed by atoms with van der Waals surface area (Å²) in [5, 5.41) is 11.1. The fourth-order valence-electron chi connectivity index (χ4n) is 1.55. The molecule has 0 bridgehead atoms. The van der Waals surface area contributed by atoms with Crippen LogP contribution in [-0.4, -0.2) is 22.0 Å². The summed E-state index contributed by atoms with van der Waals surface area (Å²) in [6, 6.07) is 0.373. The number of nitrogens with one attached hydrogen (secondary N) is 1. The molecule has 0 saturated carbocycles. The summed E-state index contributed by atoms with van der Waals surface area (Å²) >= 11 is 0. The summed E-state index contributed by atoms with van der Waals surface area (Å²) in [7, 11) is 3.92. The minimum atomic E-state index is 0.373. The summed E-state index contributed by atoms with van der Waals surface area (Å²) in [6.07, 6.45) is 4.19. The highest BCUT2D eigenvalue weighted by Gasteiger charge is 2.13. The highest BCUT2D eigenvalue weighted by molar-refractivity contribution is 5.01. The van der Waals surface area contributed by atoms with Crippen LogP contribution in [0.1, 0.15) is 38.4 Å². The van der Waals surface area contributed by atoms with Crippen molar-refractivity contribution in [2.75, 3.05) is 7.05 Å². The Bertz CT molecular complexity index is 267. The molecule has 0 aliphatic heterocycles. The van der Waals surface area contributed by atoms with E-state index < -0.39 is 0 Å². The third-order valence-corrected chi connectivity index (χ3v) is 2.49. The van der Waals surface area contributed by atoms with E-state index in [4.69, 9.17) is 0 Å². The predicted octanol–water partition coefficient (Wildman–Crippen LogP) is 1.51. The van der Waals surface area contributed by atoms with Crippen molar-refractivity contribution in [1.29, 1.82) is 0 Å². The fourth-order valence-corrected chi connectivity index (χ4v) is 1.55. The average Bonchev–Trinajstić information content (AvgIpc) is 2.53. The fraction of sp³-hybridized carbons (Fsp3) is 0.800. The predicted molar refractivity (Wildman–Crippen MR) is 56.9 cm³/mol. The van der Waals surface area contributed by atoms with E-state index in [0.717, 1.165) is 18.0 Å². The topological polar surface area (TPSA) is 42.7 Å². The Morgan fingerprint density at radius 1 is 1.43 bits per heavy atom. The second kappa shape index (κ2) is 5.10. The van der Waals surface area contributed by atoms with E-state index in [1.165, 1.54) is 6.42 Å². The zero-order chi connectivity index (χ0) is 10.6. The van der Waals surface area contributed by atoms with Crippen molar-refractivity contribution >= 4 is 0 Å². The van der Waals surface area contributed by atoms with Gasteiger partial charge < -0.3 is 5.32 Å². The minimum absolute atomic E-state index is 0.373. The van der Waals surface area contributed by atoms with Crippen LogP contribution < -0.4 is 5.32 Å². The molecule has 1 heterocycles. The zero-order valence-electron chi connectivity index (χ0n) is 9.49. The lowest BCUT2D eigenvalue weighted by molar-refractivity contribution is 0.444. The molecule has 80 valence electrons. The van der Waals surface area contributed by atoms with Gasteiger partial charge in [-0.2, -0.15) is 0 Å². The maximum absolute atomic E-state index is 3.94. The van der Waals surface area contributed by atoms with Crippen LogP contribution in [0.25, 0.3) is 0 Å². The van der Waals surface area contributed by atoms with E-state index >= 15 is 0 Å². The molecule has 14 heavy (non-hydrogen) atoms. The van der Waals surface area contributed by atoms with Crippen LogP contribution in [0, 0.1) is 5.92 Å². The standard InChI is InChI=1S/C10H20N4/c1-8(2)5-6-9(11-3)10-7-12-13-14(10)4/h7-9,11H,5-6H2,1-4H3. The summed E-state index contributed by atoms with van der Waals surface area (Å²) in [6.45, 7) is 4.49. The first kappa shape index (κ1) is 11.2. The van der Waals surface area contributed by atoms with Crippen LogP contribution in [0.5, 0.6) is 0 Å². The highest BCUT2D eigenvalue weighted by atomic mass is 15.4. The Morgan fingerprint density at radius 2 is 2.14 bits per heavy atom. The van der Waals surface area contributed by atoms with Gasteiger partial charge in [0.1, 0.15) is 0 Å². The molecule has 4 heteroatoms. The minimum Gasteiger partial charge on any atom is -0.312 e. The Hall–Kier alpha value is -0.900. The lowest BCUT2D eigenvalue weighted by Gasteiger charge is -2.16. The van der Waals surface area contributed by atoms with Crippen molar-refractivity contribution in [2.45, 2.75) is 32.7 Å². The van der Waals surface area contributed by atoms with Crippen LogP contribution in [0.4, 0.5) is 0 Å². The van der Waals surface area contributed by atoms with E-state index in [0.29, 0.717) is 6.04 Å². The van der Waals surface area contributed by atoms with Gasteiger partial charge in [-0.1, -0.05) is 19.1 Å². The normalized spacial score (nSPS) is 13.5. The molecule has 1 atom stereocenters. The van der Waals surface area contributed by atoms with Crippen molar-refractivity contribution in [3.05, 3.63) is 11.9 Å². The van der Waals surface area contributed by atoms with Gasteiger partial charge in [-0.15, -0.1) is 5.10 Å². The SMILES string of the molecule is CNC(CCC(C)C)c1cnnn1C. The van der Waals surface area contributed by atoms with Crippen LogP contribution >= 0.6 is 0 Å². The van der Waals surface area contributed by atoms with Gasteiger partial charge in [-0.25, -0.2) is 0 Å². The summed E-state index contributed by atoms with van der Waals surface area (Å²) in [5.41, 5.74) is 1.16. The maximum Gasteiger partial charge on any atom is 0.0753 e. The maximum atomic E-state index is 3.94. The Balaban J connectivity index is 2.58. The first-order chi connectivity index (χ1) is 6.65. The zero-order valence-corrected chi connectivity index (χ0v) is 9.49. The molecule has 0 spiro atoms. The van der Waals surface area contributed by atoms with Crippen molar-refractivity contribution in [3.63, 3.8) is 0 Å². The van der Waals surface area contributed by atoms with Gasteiger partial charge in [0.15, 0.2) is 0 Å². The van der Waals surface area contributed by atoms with Gasteiger partial charge in [0.2, 0.25) is 0 Å². The van der Waals surface area contributed by atoms with E-state index in [2.05, 4.69) is 29.5 Å². The molecule has 0 saturated heterocycles. The van der Waals surface area contributed by atoms with E-state index in [1.54, 1.807) is 0 Å². The summed E-state index contributed by atoms with van der Waals surface area (Å²) in [4.78, 5) is 0. The van der Waals surface area contributed by atoms with Gasteiger partial charge in [-0.05, 0) is 25.8 Å². The Labute approximate surface area is 85.7 Å². The Morgan fingerprint density at radius 3 is 2.57 bits per heavy atom. The molecule has 0 aromatic carbocycles. The van der Waals surface area contributed by atoms with Gasteiger partial charge in [-0.3, -0.25) is 4.68 Å².